The van der Waals surface area contributed by atoms with Crippen molar-refractivity contribution in [2.45, 2.75) is 39.4 Å². The van der Waals surface area contributed by atoms with E-state index in [-0.39, 0.29) is 11.0 Å². The summed E-state index contributed by atoms with van der Waals surface area (Å²) in [5, 5.41) is 3.11. The van der Waals surface area contributed by atoms with Gasteiger partial charge in [0.1, 0.15) is 11.6 Å². The van der Waals surface area contributed by atoms with Crippen LogP contribution >= 0.6 is 23.2 Å². The molecule has 4 aromatic carbocycles. The van der Waals surface area contributed by atoms with Gasteiger partial charge in [0.25, 0.3) is 0 Å². The Balaban J connectivity index is 1.83. The van der Waals surface area contributed by atoms with Gasteiger partial charge < -0.3 is 9.09 Å². The minimum absolute atomic E-state index is 0.281. The summed E-state index contributed by atoms with van der Waals surface area (Å²) in [6.45, 7) is 9.58. The summed E-state index contributed by atoms with van der Waals surface area (Å²) in [4.78, 5) is 0. The Hall–Kier alpha value is -2.88. The van der Waals surface area contributed by atoms with Crippen LogP contribution in [0.25, 0.3) is 21.8 Å². The molecule has 0 saturated carbocycles. The number of benzene rings is 4. The molecule has 0 bridgehead atoms. The summed E-state index contributed by atoms with van der Waals surface area (Å²) in [7, 11) is -2.71. The van der Waals surface area contributed by atoms with E-state index in [0.29, 0.717) is 5.69 Å². The Morgan fingerprint density at radius 2 is 1.53 bits per heavy atom. The van der Waals surface area contributed by atoms with E-state index in [0.717, 1.165) is 22.1 Å². The predicted octanol–water partition coefficient (Wildman–Crippen LogP) is 9.67. The number of para-hydroxylation sites is 1. The van der Waals surface area contributed by atoms with Gasteiger partial charge in [0.15, 0.2) is 7.28 Å². The topological polar surface area (TPSA) is 26.5 Å². The molecule has 0 amide bonds. The Morgan fingerprint density at radius 3 is 2.19 bits per heavy atom. The molecule has 0 radical (unpaired) electrons. The summed E-state index contributed by atoms with van der Waals surface area (Å²) >= 11 is 3.52. The van der Waals surface area contributed by atoms with Crippen molar-refractivity contribution in [3.8, 4) is 5.75 Å². The van der Waals surface area contributed by atoms with Gasteiger partial charge in [-0.2, -0.15) is 0 Å². The van der Waals surface area contributed by atoms with Crippen LogP contribution in [0.1, 0.15) is 27.7 Å². The Kier molecular flexibility index (Phi) is 6.57. The zero-order valence-electron chi connectivity index (χ0n) is 20.9. The fraction of sp³-hybridized carbons (Fsp3) is 0.200. The second-order valence-electron chi connectivity index (χ2n) is 9.83. The molecule has 1 unspecified atom stereocenters. The van der Waals surface area contributed by atoms with E-state index in [1.165, 1.54) is 33.9 Å². The van der Waals surface area contributed by atoms with Crippen molar-refractivity contribution in [2.75, 3.05) is 0 Å². The van der Waals surface area contributed by atoms with Gasteiger partial charge in [0, 0.05) is 43.3 Å². The van der Waals surface area contributed by atoms with Gasteiger partial charge in [0.2, 0.25) is 0 Å². The first kappa shape index (κ1) is 24.8. The highest BCUT2D eigenvalue weighted by Crippen LogP contribution is 2.62. The molecule has 0 aliphatic carbocycles. The second-order valence-corrected chi connectivity index (χ2v) is 14.1. The third-order valence-corrected chi connectivity index (χ3v) is 10.8. The maximum Gasteiger partial charge on any atom is 0.173 e. The monoisotopic (exact) mass is 562 g/mol. The molecule has 6 heteroatoms. The first-order valence-electron chi connectivity index (χ1n) is 12.1. The molecule has 1 aromatic heterocycles. The van der Waals surface area contributed by atoms with Crippen LogP contribution in [0.15, 0.2) is 100 Å². The zero-order chi connectivity index (χ0) is 25.5. The highest BCUT2D eigenvalue weighted by Gasteiger charge is 2.39. The summed E-state index contributed by atoms with van der Waals surface area (Å²) in [6.07, 6.45) is 0. The number of aryl methyl sites for hydroxylation is 1. The number of nitrogens with zero attached hydrogens (tertiary/aromatic N) is 2. The van der Waals surface area contributed by atoms with Gasteiger partial charge in [0.05, 0.1) is 5.69 Å². The van der Waals surface area contributed by atoms with E-state index in [2.05, 4.69) is 90.7 Å². The molecular weight excluding hydrogens is 534 g/mol. The van der Waals surface area contributed by atoms with Crippen LogP contribution in [0.5, 0.6) is 5.75 Å². The standard InChI is InChI=1S/C30H29BrFN2OP/c1-5-34-28-9-7-6-8-26(28)27-20-25(18-19-29(27)34)36(30(2,3)4,33-23-14-12-22(32)13-15-23)35-24-16-10-21(31)11-17-24/h6-20H,5H2,1-4H3. The van der Waals surface area contributed by atoms with Gasteiger partial charge in [-0.3, -0.25) is 0 Å². The molecule has 5 rings (SSSR count). The molecule has 0 fully saturated rings. The molecule has 5 aromatic rings. The lowest BCUT2D eigenvalue weighted by atomic mass is 10.1. The molecule has 3 nitrogen and oxygen atoms in total. The molecule has 0 spiro atoms. The van der Waals surface area contributed by atoms with Crippen LogP contribution in [-0.4, -0.2) is 9.72 Å². The van der Waals surface area contributed by atoms with Gasteiger partial charge in [-0.25, -0.2) is 9.14 Å². The van der Waals surface area contributed by atoms with E-state index in [1.807, 2.05) is 24.3 Å². The number of halogens is 2. The fourth-order valence-corrected chi connectivity index (χ4v) is 8.03. The third-order valence-electron chi connectivity index (χ3n) is 6.47. The van der Waals surface area contributed by atoms with Crippen molar-refractivity contribution in [2.24, 2.45) is 4.74 Å². The molecule has 1 heterocycles. The lowest BCUT2D eigenvalue weighted by molar-refractivity contribution is 0.571. The largest absolute Gasteiger partial charge is 0.455 e. The van der Waals surface area contributed by atoms with Crippen LogP contribution in [0.2, 0.25) is 0 Å². The summed E-state index contributed by atoms with van der Waals surface area (Å²) in [6, 6.07) is 29.4. The Bertz CT molecular complexity index is 1600. The maximum atomic E-state index is 13.7. The second kappa shape index (κ2) is 9.53. The number of fused-ring (bicyclic) bond motifs is 3. The molecule has 0 saturated heterocycles. The van der Waals surface area contributed by atoms with Gasteiger partial charge in [-0.15, -0.1) is 0 Å². The van der Waals surface area contributed by atoms with Crippen molar-refractivity contribution in [3.05, 3.63) is 101 Å². The van der Waals surface area contributed by atoms with Crippen molar-refractivity contribution in [3.63, 3.8) is 0 Å². The van der Waals surface area contributed by atoms with Crippen LogP contribution in [0.4, 0.5) is 10.1 Å². The average Bonchev–Trinajstić information content (AvgIpc) is 3.18. The molecule has 36 heavy (non-hydrogen) atoms. The lowest BCUT2D eigenvalue weighted by Crippen LogP contribution is -2.27. The van der Waals surface area contributed by atoms with Crippen LogP contribution < -0.4 is 9.83 Å². The maximum absolute atomic E-state index is 13.7. The first-order chi connectivity index (χ1) is 17.2. The zero-order valence-corrected chi connectivity index (χ0v) is 23.4. The van der Waals surface area contributed by atoms with E-state index in [1.54, 1.807) is 12.1 Å². The highest BCUT2D eigenvalue weighted by molar-refractivity contribution is 9.10. The quantitative estimate of drug-likeness (QED) is 0.196. The summed E-state index contributed by atoms with van der Waals surface area (Å²) < 4.78 is 29.3. The normalized spacial score (nSPS) is 13.6. The SMILES string of the molecule is CCn1c2ccccc2c2cc(P(=Nc3ccc(F)cc3)(Oc3ccc(Br)cc3)C(C)(C)C)ccc21. The van der Waals surface area contributed by atoms with E-state index in [4.69, 9.17) is 9.27 Å². The van der Waals surface area contributed by atoms with Crippen molar-refractivity contribution < 1.29 is 8.91 Å². The Morgan fingerprint density at radius 1 is 0.861 bits per heavy atom. The molecule has 0 aliphatic rings. The van der Waals surface area contributed by atoms with Crippen LogP contribution in [0.3, 0.4) is 0 Å². The van der Waals surface area contributed by atoms with E-state index >= 15 is 0 Å². The number of aromatic nitrogens is 1. The molecular formula is C30H29BrFN2OP. The number of hydrogen-bond donors (Lipinski definition) is 0. The van der Waals surface area contributed by atoms with E-state index < -0.39 is 7.28 Å². The molecule has 0 aliphatic heterocycles. The smallest absolute Gasteiger partial charge is 0.173 e. The number of rotatable bonds is 5. The van der Waals surface area contributed by atoms with Crippen molar-refractivity contribution in [1.29, 1.82) is 0 Å². The molecule has 184 valence electrons. The van der Waals surface area contributed by atoms with E-state index in [9.17, 15) is 4.39 Å². The van der Waals surface area contributed by atoms with Crippen LogP contribution in [-0.2, 0) is 6.54 Å². The van der Waals surface area contributed by atoms with Gasteiger partial charge in [-0.05, 0) is 79.7 Å². The van der Waals surface area contributed by atoms with Crippen LogP contribution in [0, 0.1) is 5.82 Å². The predicted molar refractivity (Wildman–Crippen MR) is 155 cm³/mol. The summed E-state index contributed by atoms with van der Waals surface area (Å²) in [5.74, 6) is 0.472. The minimum atomic E-state index is -2.71. The average molecular weight is 563 g/mol. The van der Waals surface area contributed by atoms with Gasteiger partial charge in [-0.1, -0.05) is 54.9 Å². The highest BCUT2D eigenvalue weighted by atomic mass is 79.9. The van der Waals surface area contributed by atoms with Crippen molar-refractivity contribution >= 4 is 56.0 Å². The third kappa shape index (κ3) is 4.40. The number of hydrogen-bond acceptors (Lipinski definition) is 2. The molecule has 1 atom stereocenters. The van der Waals surface area contributed by atoms with Gasteiger partial charge >= 0.3 is 0 Å². The first-order valence-corrected chi connectivity index (χ1v) is 14.5. The molecule has 0 N–H and O–H groups in total. The Labute approximate surface area is 220 Å². The minimum Gasteiger partial charge on any atom is -0.455 e. The summed E-state index contributed by atoms with van der Waals surface area (Å²) in [5.41, 5.74) is 3.11. The fourth-order valence-electron chi connectivity index (χ4n) is 4.69. The van der Waals surface area contributed by atoms with Crippen molar-refractivity contribution in [1.82, 2.24) is 4.57 Å². The lowest BCUT2D eigenvalue weighted by Gasteiger charge is -2.37.